The number of hydrogen-bond acceptors (Lipinski definition) is 2. The molecule has 13 heavy (non-hydrogen) atoms. The van der Waals surface area contributed by atoms with E-state index in [2.05, 4.69) is 39.3 Å². The average molecular weight is 201 g/mol. The fourth-order valence-corrected chi connectivity index (χ4v) is 3.90. The van der Waals surface area contributed by atoms with E-state index in [4.69, 9.17) is 0 Å². The molecule has 0 spiro atoms. The monoisotopic (exact) mass is 201 g/mol. The summed E-state index contributed by atoms with van der Waals surface area (Å²) in [6, 6.07) is 0.718. The van der Waals surface area contributed by atoms with E-state index in [1.54, 1.807) is 0 Å². The van der Waals surface area contributed by atoms with Crippen molar-refractivity contribution in [3.8, 4) is 0 Å². The Bertz CT molecular complexity index is 156. The third-order valence-corrected chi connectivity index (χ3v) is 4.45. The summed E-state index contributed by atoms with van der Waals surface area (Å²) in [6.45, 7) is 11.7. The molecule has 0 amide bonds. The molecule has 0 aromatic carbocycles. The first-order valence-corrected chi connectivity index (χ1v) is 6.37. The lowest BCUT2D eigenvalue weighted by Gasteiger charge is -2.28. The normalized spacial score (nSPS) is 34.8. The molecule has 1 fully saturated rings. The van der Waals surface area contributed by atoms with Crippen molar-refractivity contribution in [3.63, 3.8) is 0 Å². The van der Waals surface area contributed by atoms with Gasteiger partial charge in [0.1, 0.15) is 0 Å². The van der Waals surface area contributed by atoms with Gasteiger partial charge in [-0.2, -0.15) is 0 Å². The second-order valence-electron chi connectivity index (χ2n) is 4.77. The zero-order valence-electron chi connectivity index (χ0n) is 9.50. The molecule has 2 heteroatoms. The lowest BCUT2D eigenvalue weighted by atomic mass is 9.80. The summed E-state index contributed by atoms with van der Waals surface area (Å²) in [5, 5.41) is 0.826. The third kappa shape index (κ3) is 2.41. The van der Waals surface area contributed by atoms with Crippen LogP contribution in [-0.2, 0) is 0 Å². The van der Waals surface area contributed by atoms with Crippen LogP contribution in [0.15, 0.2) is 0 Å². The smallest absolute Gasteiger partial charge is 0.0236 e. The van der Waals surface area contributed by atoms with Crippen molar-refractivity contribution in [3.05, 3.63) is 0 Å². The Kier molecular flexibility index (Phi) is 4.11. The Hall–Kier alpha value is 0.310. The lowest BCUT2D eigenvalue weighted by Crippen LogP contribution is -2.35. The number of nitrogens with one attached hydrogen (secondary N) is 1. The van der Waals surface area contributed by atoms with Gasteiger partial charge in [0, 0.05) is 11.3 Å². The number of hydrogen-bond donors (Lipinski definition) is 1. The van der Waals surface area contributed by atoms with E-state index in [0.29, 0.717) is 0 Å². The van der Waals surface area contributed by atoms with Crippen molar-refractivity contribution in [2.24, 2.45) is 17.8 Å². The van der Waals surface area contributed by atoms with Crippen LogP contribution in [0, 0.1) is 17.8 Å². The molecule has 0 radical (unpaired) electrons. The Balaban J connectivity index is 2.67. The molecule has 1 aliphatic rings. The summed E-state index contributed by atoms with van der Waals surface area (Å²) in [6.07, 6.45) is 1.30. The van der Waals surface area contributed by atoms with Gasteiger partial charge in [-0.3, -0.25) is 4.72 Å². The van der Waals surface area contributed by atoms with Crippen molar-refractivity contribution in [2.75, 3.05) is 0 Å². The van der Waals surface area contributed by atoms with Gasteiger partial charge in [0.15, 0.2) is 0 Å². The Morgan fingerprint density at radius 3 is 2.15 bits per heavy atom. The minimum absolute atomic E-state index is 0.718. The summed E-state index contributed by atoms with van der Waals surface area (Å²) >= 11 is 1.97. The maximum Gasteiger partial charge on any atom is 0.0236 e. The van der Waals surface area contributed by atoms with Crippen molar-refractivity contribution in [1.29, 1.82) is 0 Å². The van der Waals surface area contributed by atoms with Gasteiger partial charge >= 0.3 is 0 Å². The molecule has 1 rings (SSSR count). The molecule has 78 valence electrons. The molecule has 0 saturated carbocycles. The van der Waals surface area contributed by atoms with Crippen molar-refractivity contribution < 1.29 is 0 Å². The van der Waals surface area contributed by atoms with E-state index >= 15 is 0 Å². The van der Waals surface area contributed by atoms with Crippen LogP contribution in [0.25, 0.3) is 0 Å². The molecule has 0 aromatic heterocycles. The van der Waals surface area contributed by atoms with E-state index in [0.717, 1.165) is 29.0 Å². The first-order chi connectivity index (χ1) is 6.07. The highest BCUT2D eigenvalue weighted by Gasteiger charge is 2.38. The van der Waals surface area contributed by atoms with Gasteiger partial charge in [-0.25, -0.2) is 0 Å². The molecule has 1 nitrogen and oxygen atoms in total. The van der Waals surface area contributed by atoms with Gasteiger partial charge in [-0.15, -0.1) is 0 Å². The van der Waals surface area contributed by atoms with Crippen LogP contribution in [0.2, 0.25) is 0 Å². The van der Waals surface area contributed by atoms with Gasteiger partial charge in [-0.05, 0) is 24.2 Å². The molecule has 0 aliphatic carbocycles. The topological polar surface area (TPSA) is 12.0 Å². The highest BCUT2D eigenvalue weighted by atomic mass is 32.2. The summed E-state index contributed by atoms with van der Waals surface area (Å²) in [5.74, 6) is 2.42. The Morgan fingerprint density at radius 2 is 1.77 bits per heavy atom. The van der Waals surface area contributed by atoms with Crippen molar-refractivity contribution in [1.82, 2.24) is 4.72 Å². The van der Waals surface area contributed by atoms with Crippen molar-refractivity contribution in [2.45, 2.75) is 52.3 Å². The van der Waals surface area contributed by atoms with Gasteiger partial charge in [0.05, 0.1) is 0 Å². The molecule has 3 unspecified atom stereocenters. The average Bonchev–Trinajstić information content (AvgIpc) is 2.46. The van der Waals surface area contributed by atoms with Crippen LogP contribution < -0.4 is 4.72 Å². The van der Waals surface area contributed by atoms with Gasteiger partial charge in [0.25, 0.3) is 0 Å². The second-order valence-corrected chi connectivity index (χ2v) is 5.85. The Morgan fingerprint density at radius 1 is 1.15 bits per heavy atom. The zero-order chi connectivity index (χ0) is 10.0. The standard InChI is InChI=1S/C11H23NS/c1-6-9-10(7(2)3)11(8(4)5)12-13-9/h7-12H,6H2,1-5H3. The highest BCUT2D eigenvalue weighted by Crippen LogP contribution is 2.38. The van der Waals surface area contributed by atoms with Gasteiger partial charge < -0.3 is 0 Å². The van der Waals surface area contributed by atoms with Crippen LogP contribution in [0.3, 0.4) is 0 Å². The predicted molar refractivity (Wildman–Crippen MR) is 61.8 cm³/mol. The van der Waals surface area contributed by atoms with E-state index in [1.807, 2.05) is 11.9 Å². The lowest BCUT2D eigenvalue weighted by molar-refractivity contribution is 0.265. The van der Waals surface area contributed by atoms with E-state index in [1.165, 1.54) is 6.42 Å². The van der Waals surface area contributed by atoms with Crippen LogP contribution in [-0.4, -0.2) is 11.3 Å². The molecule has 1 N–H and O–H groups in total. The van der Waals surface area contributed by atoms with Crippen LogP contribution >= 0.6 is 11.9 Å². The fraction of sp³-hybridized carbons (Fsp3) is 1.00. The summed E-state index contributed by atoms with van der Waals surface area (Å²) in [4.78, 5) is 0. The second kappa shape index (κ2) is 4.70. The van der Waals surface area contributed by atoms with E-state index in [9.17, 15) is 0 Å². The summed E-state index contributed by atoms with van der Waals surface area (Å²) in [5.41, 5.74) is 0. The van der Waals surface area contributed by atoms with Crippen molar-refractivity contribution >= 4 is 11.9 Å². The molecular weight excluding hydrogens is 178 g/mol. The molecular formula is C11H23NS. The molecule has 1 saturated heterocycles. The molecule has 0 bridgehead atoms. The van der Waals surface area contributed by atoms with Crippen LogP contribution in [0.1, 0.15) is 41.0 Å². The summed E-state index contributed by atoms with van der Waals surface area (Å²) < 4.78 is 3.61. The largest absolute Gasteiger partial charge is 0.260 e. The minimum Gasteiger partial charge on any atom is -0.260 e. The predicted octanol–water partition coefficient (Wildman–Crippen LogP) is 3.31. The van der Waals surface area contributed by atoms with E-state index < -0.39 is 0 Å². The first-order valence-electron chi connectivity index (χ1n) is 5.49. The molecule has 1 aliphatic heterocycles. The first kappa shape index (κ1) is 11.4. The third-order valence-electron chi connectivity index (χ3n) is 3.09. The van der Waals surface area contributed by atoms with E-state index in [-0.39, 0.29) is 0 Å². The fourth-order valence-electron chi connectivity index (χ4n) is 2.33. The molecule has 0 aromatic rings. The maximum absolute atomic E-state index is 3.61. The van der Waals surface area contributed by atoms with Gasteiger partial charge in [0.2, 0.25) is 0 Å². The Labute approximate surface area is 87.2 Å². The number of rotatable bonds is 3. The summed E-state index contributed by atoms with van der Waals surface area (Å²) in [7, 11) is 0. The van der Waals surface area contributed by atoms with Crippen LogP contribution in [0.5, 0.6) is 0 Å². The minimum atomic E-state index is 0.718. The SMILES string of the molecule is CCC1SNC(C(C)C)C1C(C)C. The molecule has 1 heterocycles. The maximum atomic E-state index is 3.61. The highest BCUT2D eigenvalue weighted by molar-refractivity contribution is 7.98. The zero-order valence-corrected chi connectivity index (χ0v) is 10.3. The van der Waals surface area contributed by atoms with Gasteiger partial charge in [-0.1, -0.05) is 46.6 Å². The van der Waals surface area contributed by atoms with Crippen LogP contribution in [0.4, 0.5) is 0 Å². The molecule has 3 atom stereocenters. The quantitative estimate of drug-likeness (QED) is 0.703.